The Morgan fingerprint density at radius 1 is 1.52 bits per heavy atom. The molecule has 0 aliphatic carbocycles. The molecule has 0 bridgehead atoms. The zero-order valence-electron chi connectivity index (χ0n) is 11.2. The van der Waals surface area contributed by atoms with Gasteiger partial charge >= 0.3 is 5.97 Å². The van der Waals surface area contributed by atoms with Crippen LogP contribution < -0.4 is 0 Å². The molecule has 1 aromatic rings. The SMILES string of the molecule is O=C(O)[C@H](Cc1ccc(O)c(Br)c1)N1CC(CS)CC1=O. The third-order valence-corrected chi connectivity index (χ3v) is 4.75. The fraction of sp³-hybridized carbons (Fsp3) is 0.429. The predicted octanol–water partition coefficient (Wildman–Crippen LogP) is 1.93. The number of likely N-dealkylation sites (tertiary alicyclic amines) is 1. The highest BCUT2D eigenvalue weighted by Gasteiger charge is 2.37. The number of phenolic OH excluding ortho intramolecular Hbond substituents is 1. The van der Waals surface area contributed by atoms with Gasteiger partial charge in [0.1, 0.15) is 11.8 Å². The maximum absolute atomic E-state index is 12.0. The van der Waals surface area contributed by atoms with Gasteiger partial charge in [-0.2, -0.15) is 12.6 Å². The topological polar surface area (TPSA) is 77.8 Å². The lowest BCUT2D eigenvalue weighted by molar-refractivity contribution is -0.148. The minimum absolute atomic E-state index is 0.0954. The molecule has 21 heavy (non-hydrogen) atoms. The van der Waals surface area contributed by atoms with Gasteiger partial charge < -0.3 is 15.1 Å². The number of amides is 1. The fourth-order valence-electron chi connectivity index (χ4n) is 2.46. The van der Waals surface area contributed by atoms with E-state index < -0.39 is 12.0 Å². The molecule has 7 heteroatoms. The number of phenols is 1. The number of carbonyl (C=O) groups excluding carboxylic acids is 1. The molecule has 2 rings (SSSR count). The van der Waals surface area contributed by atoms with Gasteiger partial charge in [0, 0.05) is 19.4 Å². The van der Waals surface area contributed by atoms with Gasteiger partial charge in [-0.25, -0.2) is 4.79 Å². The molecule has 0 aromatic heterocycles. The van der Waals surface area contributed by atoms with Gasteiger partial charge in [0.05, 0.1) is 4.47 Å². The Balaban J connectivity index is 2.18. The second-order valence-corrected chi connectivity index (χ2v) is 6.36. The molecule has 1 aliphatic rings. The highest BCUT2D eigenvalue weighted by molar-refractivity contribution is 9.10. The van der Waals surface area contributed by atoms with Crippen LogP contribution in [0.1, 0.15) is 12.0 Å². The molecular weight excluding hydrogens is 358 g/mol. The van der Waals surface area contributed by atoms with E-state index in [2.05, 4.69) is 28.6 Å². The highest BCUT2D eigenvalue weighted by Crippen LogP contribution is 2.27. The van der Waals surface area contributed by atoms with E-state index in [-0.39, 0.29) is 24.0 Å². The summed E-state index contributed by atoms with van der Waals surface area (Å²) in [5.74, 6) is -0.391. The molecule has 1 amide bonds. The van der Waals surface area contributed by atoms with E-state index in [1.807, 2.05) is 0 Å². The standard InChI is InChI=1S/C14H16BrNO4S/c15-10-3-8(1-2-12(10)17)4-11(14(19)20)16-6-9(7-21)5-13(16)18/h1-3,9,11,17,21H,4-7H2,(H,19,20)/t9?,11-/m0/s1. The average Bonchev–Trinajstić information content (AvgIpc) is 2.80. The first-order valence-electron chi connectivity index (χ1n) is 6.53. The molecule has 114 valence electrons. The lowest BCUT2D eigenvalue weighted by atomic mass is 10.0. The summed E-state index contributed by atoms with van der Waals surface area (Å²) >= 11 is 7.38. The molecule has 1 heterocycles. The van der Waals surface area contributed by atoms with Crippen LogP contribution >= 0.6 is 28.6 Å². The molecule has 5 nitrogen and oxygen atoms in total. The molecule has 1 aliphatic heterocycles. The van der Waals surface area contributed by atoms with E-state index in [4.69, 9.17) is 0 Å². The zero-order chi connectivity index (χ0) is 15.6. The Bertz CT molecular complexity index is 566. The van der Waals surface area contributed by atoms with E-state index in [0.29, 0.717) is 23.2 Å². The fourth-order valence-corrected chi connectivity index (χ4v) is 3.13. The largest absolute Gasteiger partial charge is 0.507 e. The van der Waals surface area contributed by atoms with Crippen LogP contribution in [-0.4, -0.2) is 45.3 Å². The zero-order valence-corrected chi connectivity index (χ0v) is 13.7. The van der Waals surface area contributed by atoms with Crippen LogP contribution in [0.5, 0.6) is 5.75 Å². The number of carbonyl (C=O) groups is 2. The van der Waals surface area contributed by atoms with Crippen molar-refractivity contribution in [2.24, 2.45) is 5.92 Å². The van der Waals surface area contributed by atoms with Crippen molar-refractivity contribution >= 4 is 40.4 Å². The number of aliphatic carboxylic acids is 1. The summed E-state index contributed by atoms with van der Waals surface area (Å²) < 4.78 is 0.505. The van der Waals surface area contributed by atoms with Crippen molar-refractivity contribution in [1.82, 2.24) is 4.90 Å². The van der Waals surface area contributed by atoms with Gasteiger partial charge in [0.2, 0.25) is 5.91 Å². The quantitative estimate of drug-likeness (QED) is 0.689. The van der Waals surface area contributed by atoms with Crippen LogP contribution in [0.15, 0.2) is 22.7 Å². The second kappa shape index (κ2) is 6.70. The van der Waals surface area contributed by atoms with Crippen LogP contribution in [0.4, 0.5) is 0 Å². The molecule has 0 spiro atoms. The molecule has 0 saturated carbocycles. The molecular formula is C14H16BrNO4S. The number of rotatable bonds is 5. The van der Waals surface area contributed by atoms with Gasteiger partial charge in [-0.1, -0.05) is 6.07 Å². The number of halogens is 1. The molecule has 1 fully saturated rings. The van der Waals surface area contributed by atoms with Crippen LogP contribution in [0.25, 0.3) is 0 Å². The van der Waals surface area contributed by atoms with Crippen molar-refractivity contribution in [1.29, 1.82) is 0 Å². The normalized spacial score (nSPS) is 19.8. The summed E-state index contributed by atoms with van der Waals surface area (Å²) in [6.07, 6.45) is 0.561. The summed E-state index contributed by atoms with van der Waals surface area (Å²) in [7, 11) is 0. The van der Waals surface area contributed by atoms with E-state index in [1.165, 1.54) is 11.0 Å². The number of carboxylic acid groups (broad SMARTS) is 1. The van der Waals surface area contributed by atoms with E-state index in [0.717, 1.165) is 5.56 Å². The predicted molar refractivity (Wildman–Crippen MR) is 84.6 cm³/mol. The Morgan fingerprint density at radius 3 is 2.76 bits per heavy atom. The lowest BCUT2D eigenvalue weighted by Crippen LogP contribution is -2.43. The summed E-state index contributed by atoms with van der Waals surface area (Å²) in [4.78, 5) is 24.9. The van der Waals surface area contributed by atoms with Crippen LogP contribution in [0, 0.1) is 5.92 Å². The van der Waals surface area contributed by atoms with Crippen molar-refractivity contribution in [2.45, 2.75) is 18.9 Å². The average molecular weight is 374 g/mol. The molecule has 1 saturated heterocycles. The van der Waals surface area contributed by atoms with Gasteiger partial charge in [-0.15, -0.1) is 0 Å². The Hall–Kier alpha value is -1.21. The smallest absolute Gasteiger partial charge is 0.326 e. The first-order valence-corrected chi connectivity index (χ1v) is 7.95. The van der Waals surface area contributed by atoms with E-state index in [1.54, 1.807) is 12.1 Å². The second-order valence-electron chi connectivity index (χ2n) is 5.14. The molecule has 2 atom stereocenters. The van der Waals surface area contributed by atoms with Crippen molar-refractivity contribution in [2.75, 3.05) is 12.3 Å². The van der Waals surface area contributed by atoms with Crippen LogP contribution in [-0.2, 0) is 16.0 Å². The number of thiol groups is 1. The number of carboxylic acids is 1. The van der Waals surface area contributed by atoms with Gasteiger partial charge in [0.25, 0.3) is 0 Å². The first kappa shape index (κ1) is 16.2. The van der Waals surface area contributed by atoms with Gasteiger partial charge in [-0.05, 0) is 45.3 Å². The van der Waals surface area contributed by atoms with E-state index >= 15 is 0 Å². The third kappa shape index (κ3) is 3.71. The van der Waals surface area contributed by atoms with Crippen LogP contribution in [0.2, 0.25) is 0 Å². The molecule has 2 N–H and O–H groups in total. The summed E-state index contributed by atoms with van der Waals surface area (Å²) in [5.41, 5.74) is 0.745. The number of hydrogen-bond acceptors (Lipinski definition) is 4. The minimum Gasteiger partial charge on any atom is -0.507 e. The van der Waals surface area contributed by atoms with Crippen molar-refractivity contribution in [3.05, 3.63) is 28.2 Å². The molecule has 0 radical (unpaired) electrons. The summed E-state index contributed by atoms with van der Waals surface area (Å²) in [5, 5.41) is 18.9. The number of aromatic hydroxyl groups is 1. The summed E-state index contributed by atoms with van der Waals surface area (Å²) in [6, 6.07) is 3.94. The van der Waals surface area contributed by atoms with E-state index in [9.17, 15) is 19.8 Å². The maximum Gasteiger partial charge on any atom is 0.326 e. The Kier molecular flexibility index (Phi) is 5.16. The Labute approximate surface area is 136 Å². The molecule has 1 unspecified atom stereocenters. The summed E-state index contributed by atoms with van der Waals surface area (Å²) in [6.45, 7) is 0.429. The highest BCUT2D eigenvalue weighted by atomic mass is 79.9. The number of benzene rings is 1. The van der Waals surface area contributed by atoms with Gasteiger partial charge in [0.15, 0.2) is 0 Å². The number of hydrogen-bond donors (Lipinski definition) is 3. The first-order chi connectivity index (χ1) is 9.92. The van der Waals surface area contributed by atoms with Crippen LogP contribution in [0.3, 0.4) is 0 Å². The van der Waals surface area contributed by atoms with Crippen molar-refractivity contribution in [3.63, 3.8) is 0 Å². The third-order valence-electron chi connectivity index (χ3n) is 3.60. The minimum atomic E-state index is -1.02. The van der Waals surface area contributed by atoms with Crippen molar-refractivity contribution < 1.29 is 19.8 Å². The maximum atomic E-state index is 12.0. The Morgan fingerprint density at radius 2 is 2.24 bits per heavy atom. The van der Waals surface area contributed by atoms with Crippen molar-refractivity contribution in [3.8, 4) is 5.75 Å². The monoisotopic (exact) mass is 373 g/mol. The number of nitrogens with zero attached hydrogens (tertiary/aromatic N) is 1. The van der Waals surface area contributed by atoms with Gasteiger partial charge in [-0.3, -0.25) is 4.79 Å². The molecule has 1 aromatic carbocycles. The lowest BCUT2D eigenvalue weighted by Gasteiger charge is -2.25.